The fourth-order valence-corrected chi connectivity index (χ4v) is 7.52. The lowest BCUT2D eigenvalue weighted by atomic mass is 10.1. The van der Waals surface area contributed by atoms with E-state index in [1.807, 2.05) is 47.4 Å². The maximum absolute atomic E-state index is 12.9. The molecule has 304 valence electrons. The van der Waals surface area contributed by atoms with Crippen LogP contribution in [0.3, 0.4) is 0 Å². The number of carbonyl (C=O) groups is 1. The normalized spacial score (nSPS) is 14.6. The van der Waals surface area contributed by atoms with Crippen molar-refractivity contribution in [2.24, 2.45) is 14.1 Å². The molecule has 8 rings (SSSR count). The Morgan fingerprint density at radius 1 is 0.707 bits per heavy atom. The van der Waals surface area contributed by atoms with Crippen molar-refractivity contribution in [3.05, 3.63) is 104 Å². The summed E-state index contributed by atoms with van der Waals surface area (Å²) in [4.78, 5) is 57.1. The maximum atomic E-state index is 12.9. The third-order valence-electron chi connectivity index (χ3n) is 10.2. The van der Waals surface area contributed by atoms with Crippen LogP contribution < -0.4 is 27.1 Å². The van der Waals surface area contributed by atoms with E-state index in [9.17, 15) is 14.4 Å². The molecule has 0 bridgehead atoms. The highest BCUT2D eigenvalue weighted by Crippen LogP contribution is 2.29. The zero-order valence-corrected chi connectivity index (χ0v) is 35.3. The van der Waals surface area contributed by atoms with Gasteiger partial charge < -0.3 is 20.9 Å². The van der Waals surface area contributed by atoms with Crippen LogP contribution >= 0.6 is 46.4 Å². The Bertz CT molecular complexity index is 2520. The molecular weight excluding hydrogens is 822 g/mol. The van der Waals surface area contributed by atoms with Crippen LogP contribution in [0.5, 0.6) is 0 Å². The van der Waals surface area contributed by atoms with Gasteiger partial charge in [-0.3, -0.25) is 23.5 Å². The SMILES string of the molecule is CC(=O)N1CCC(Nc2ncc3cc(-c4ccccc4Cl)c(=O)n(C)c3n2)CC1.ClCCl.Cn1c(=O)c(-c2ccccc2Cl)cc2cnc(NC3CCNCC3)nc21. The van der Waals surface area contributed by atoms with Crippen LogP contribution in [0.1, 0.15) is 32.6 Å². The summed E-state index contributed by atoms with van der Waals surface area (Å²) in [5.74, 6) is 1.15. The van der Waals surface area contributed by atoms with Gasteiger partial charge in [0.15, 0.2) is 0 Å². The fraction of sp³-hybridized carbons (Fsp3) is 0.341. The molecule has 2 saturated heterocycles. The summed E-state index contributed by atoms with van der Waals surface area (Å²) >= 11 is 22.1. The Morgan fingerprint density at radius 2 is 1.12 bits per heavy atom. The van der Waals surface area contributed by atoms with E-state index in [2.05, 4.69) is 35.9 Å². The number of anilines is 2. The number of nitrogens with one attached hydrogen (secondary N) is 3. The van der Waals surface area contributed by atoms with E-state index in [0.29, 0.717) is 61.5 Å². The number of aryl methyl sites for hydroxylation is 2. The average molecular weight is 867 g/mol. The van der Waals surface area contributed by atoms with Gasteiger partial charge in [0.2, 0.25) is 17.8 Å². The van der Waals surface area contributed by atoms with E-state index in [1.165, 1.54) is 4.57 Å². The molecule has 6 heterocycles. The third-order valence-corrected chi connectivity index (χ3v) is 10.8. The second kappa shape index (κ2) is 19.8. The van der Waals surface area contributed by atoms with Crippen LogP contribution in [0.4, 0.5) is 11.9 Å². The molecule has 13 nitrogen and oxygen atoms in total. The summed E-state index contributed by atoms with van der Waals surface area (Å²) in [7, 11) is 3.43. The molecule has 3 N–H and O–H groups in total. The molecule has 58 heavy (non-hydrogen) atoms. The van der Waals surface area contributed by atoms with E-state index in [-0.39, 0.29) is 28.4 Å². The van der Waals surface area contributed by atoms with Gasteiger partial charge in [0.25, 0.3) is 11.1 Å². The molecule has 4 aromatic heterocycles. The van der Waals surface area contributed by atoms with Gasteiger partial charge in [-0.05, 0) is 63.0 Å². The summed E-state index contributed by atoms with van der Waals surface area (Å²) < 4.78 is 3.09. The Kier molecular flexibility index (Phi) is 14.6. The summed E-state index contributed by atoms with van der Waals surface area (Å²) in [6.07, 6.45) is 7.22. The molecule has 1 amide bonds. The number of carbonyl (C=O) groups excluding carboxylic acids is 1. The summed E-state index contributed by atoms with van der Waals surface area (Å²) in [6, 6.07) is 18.8. The molecule has 0 atom stereocenters. The molecule has 0 radical (unpaired) electrons. The van der Waals surface area contributed by atoms with Crippen molar-refractivity contribution in [1.82, 2.24) is 39.3 Å². The topological polar surface area (TPSA) is 152 Å². The third kappa shape index (κ3) is 10.1. The lowest BCUT2D eigenvalue weighted by molar-refractivity contribution is -0.129. The van der Waals surface area contributed by atoms with Gasteiger partial charge in [-0.25, -0.2) is 9.97 Å². The molecule has 2 aliphatic rings. The van der Waals surface area contributed by atoms with Crippen molar-refractivity contribution >= 4 is 86.3 Å². The zero-order chi connectivity index (χ0) is 41.3. The number of piperidine rings is 2. The average Bonchev–Trinajstić information content (AvgIpc) is 3.23. The van der Waals surface area contributed by atoms with Crippen molar-refractivity contribution in [3.63, 3.8) is 0 Å². The number of rotatable bonds is 6. The number of amides is 1. The maximum Gasteiger partial charge on any atom is 0.259 e. The summed E-state index contributed by atoms with van der Waals surface area (Å²) in [5.41, 5.74) is 3.35. The van der Waals surface area contributed by atoms with Crippen LogP contribution in [0.25, 0.3) is 44.3 Å². The first-order valence-corrected chi connectivity index (χ1v) is 20.7. The van der Waals surface area contributed by atoms with Crippen LogP contribution in [0.15, 0.2) is 82.6 Å². The fourth-order valence-electron chi connectivity index (χ4n) is 7.05. The Balaban J connectivity index is 0.000000184. The largest absolute Gasteiger partial charge is 0.351 e. The zero-order valence-electron chi connectivity index (χ0n) is 32.3. The molecule has 2 fully saturated rings. The van der Waals surface area contributed by atoms with E-state index in [4.69, 9.17) is 46.4 Å². The van der Waals surface area contributed by atoms with Crippen molar-refractivity contribution in [2.45, 2.75) is 44.7 Å². The van der Waals surface area contributed by atoms with Gasteiger partial charge in [-0.1, -0.05) is 59.6 Å². The number of likely N-dealkylation sites (tertiary alicyclic amines) is 1. The first-order valence-electron chi connectivity index (χ1n) is 18.8. The molecular formula is C41H44Cl4N10O3. The van der Waals surface area contributed by atoms with Crippen molar-refractivity contribution in [3.8, 4) is 22.3 Å². The summed E-state index contributed by atoms with van der Waals surface area (Å²) in [6.45, 7) is 5.02. The Labute approximate surface area is 355 Å². The van der Waals surface area contributed by atoms with E-state index in [0.717, 1.165) is 62.6 Å². The smallest absolute Gasteiger partial charge is 0.259 e. The van der Waals surface area contributed by atoms with Crippen molar-refractivity contribution in [2.75, 3.05) is 42.2 Å². The first-order chi connectivity index (χ1) is 28.0. The van der Waals surface area contributed by atoms with Crippen molar-refractivity contribution in [1.29, 1.82) is 0 Å². The highest BCUT2D eigenvalue weighted by Gasteiger charge is 2.22. The Hall–Kier alpha value is -4.79. The van der Waals surface area contributed by atoms with E-state index < -0.39 is 0 Å². The van der Waals surface area contributed by atoms with Crippen LogP contribution in [-0.4, -0.2) is 83.5 Å². The molecule has 17 heteroatoms. The van der Waals surface area contributed by atoms with Crippen LogP contribution in [0.2, 0.25) is 10.0 Å². The molecule has 0 spiro atoms. The number of benzene rings is 2. The monoisotopic (exact) mass is 864 g/mol. The standard InChI is InChI=1S/C21H22ClN5O2.C19H20ClN5O.CH2Cl2/c1-13(28)27-9-7-15(8-10-27)24-21-23-12-14-11-17(16-5-3-4-6-18(16)22)20(29)26(2)19(14)25-21;1-25-17-12(10-15(18(25)26)14-4-2-3-5-16(14)20)11-22-19(24-17)23-13-6-8-21-9-7-13;2-1-3/h3-6,11-12,15H,7-10H2,1-2H3,(H,23,24,25);2-5,10-11,13,21H,6-9H2,1H3,(H,22,23,24);1H2. The summed E-state index contributed by atoms with van der Waals surface area (Å²) in [5, 5.41) is 12.9. The number of pyridine rings is 2. The van der Waals surface area contributed by atoms with Gasteiger partial charge in [0, 0.05) is 102 Å². The molecule has 2 aromatic carbocycles. The van der Waals surface area contributed by atoms with Gasteiger partial charge in [0.05, 0.1) is 5.34 Å². The molecule has 2 aliphatic heterocycles. The van der Waals surface area contributed by atoms with Gasteiger partial charge in [-0.15, -0.1) is 23.2 Å². The molecule has 0 saturated carbocycles. The molecule has 6 aromatic rings. The van der Waals surface area contributed by atoms with Crippen LogP contribution in [0, 0.1) is 0 Å². The van der Waals surface area contributed by atoms with E-state index in [1.54, 1.807) is 56.2 Å². The Morgan fingerprint density at radius 3 is 1.53 bits per heavy atom. The molecule has 0 unspecified atom stereocenters. The highest BCUT2D eigenvalue weighted by molar-refractivity contribution is 6.40. The number of fused-ring (bicyclic) bond motifs is 2. The number of hydrogen-bond donors (Lipinski definition) is 3. The molecule has 0 aliphatic carbocycles. The number of alkyl halides is 2. The van der Waals surface area contributed by atoms with Gasteiger partial charge in [0.1, 0.15) is 11.3 Å². The first kappa shape index (κ1) is 42.8. The number of hydrogen-bond acceptors (Lipinski definition) is 10. The number of halogens is 4. The van der Waals surface area contributed by atoms with Gasteiger partial charge in [-0.2, -0.15) is 9.97 Å². The highest BCUT2D eigenvalue weighted by atomic mass is 35.5. The van der Waals surface area contributed by atoms with Crippen LogP contribution in [-0.2, 0) is 18.9 Å². The quantitative estimate of drug-likeness (QED) is 0.146. The lowest BCUT2D eigenvalue weighted by Crippen LogP contribution is -2.41. The lowest BCUT2D eigenvalue weighted by Gasteiger charge is -2.31. The van der Waals surface area contributed by atoms with Gasteiger partial charge >= 0.3 is 0 Å². The minimum atomic E-state index is -0.162. The number of nitrogens with zero attached hydrogens (tertiary/aromatic N) is 7. The number of aromatic nitrogens is 6. The van der Waals surface area contributed by atoms with E-state index >= 15 is 0 Å². The second-order valence-electron chi connectivity index (χ2n) is 13.9. The van der Waals surface area contributed by atoms with Crippen molar-refractivity contribution < 1.29 is 4.79 Å². The second-order valence-corrected chi connectivity index (χ2v) is 15.6. The predicted molar refractivity (Wildman–Crippen MR) is 235 cm³/mol. The minimum Gasteiger partial charge on any atom is -0.351 e. The minimum absolute atomic E-state index is 0.106. The predicted octanol–water partition coefficient (Wildman–Crippen LogP) is 7.31.